The average Bonchev–Trinajstić information content (AvgIpc) is 3.40. The van der Waals surface area contributed by atoms with E-state index >= 15 is 0 Å². The highest BCUT2D eigenvalue weighted by Gasteiger charge is 2.17. The molecule has 0 unspecified atom stereocenters. The van der Waals surface area contributed by atoms with E-state index in [1.807, 2.05) is 95.6 Å². The third-order valence-electron chi connectivity index (χ3n) is 5.86. The van der Waals surface area contributed by atoms with Crippen molar-refractivity contribution in [1.82, 2.24) is 20.2 Å². The van der Waals surface area contributed by atoms with E-state index in [1.165, 1.54) is 11.8 Å². The fraction of sp³-hybridized carbons (Fsp3) is 0.103. The van der Waals surface area contributed by atoms with Crippen molar-refractivity contribution < 1.29 is 14.3 Å². The zero-order chi connectivity index (χ0) is 26.3. The molecule has 0 saturated carbocycles. The minimum Gasteiger partial charge on any atom is -0.497 e. The lowest BCUT2D eigenvalue weighted by Crippen LogP contribution is -2.20. The number of thioether (sulfide) groups is 1. The minimum atomic E-state index is -0.248. The molecule has 1 aromatic heterocycles. The normalized spacial score (nSPS) is 11.1. The van der Waals surface area contributed by atoms with Crippen LogP contribution in [0.1, 0.15) is 5.56 Å². The number of rotatable bonds is 9. The summed E-state index contributed by atoms with van der Waals surface area (Å²) < 4.78 is 12.5. The Bertz CT molecular complexity index is 1580. The maximum atomic E-state index is 12.6. The topological polar surface area (TPSA) is 90.6 Å². The van der Waals surface area contributed by atoms with E-state index in [1.54, 1.807) is 20.4 Å². The second-order valence-electron chi connectivity index (χ2n) is 8.22. The monoisotopic (exact) mass is 523 g/mol. The molecule has 0 spiro atoms. The Hall–Kier alpha value is -4.63. The smallest absolute Gasteiger partial charge is 0.250 e. The molecule has 0 fully saturated rings. The van der Waals surface area contributed by atoms with Gasteiger partial charge in [-0.1, -0.05) is 54.2 Å². The molecule has 9 heteroatoms. The molecule has 4 aromatic carbocycles. The molecule has 1 N–H and O–H groups in total. The van der Waals surface area contributed by atoms with Gasteiger partial charge in [0.25, 0.3) is 5.91 Å². The van der Waals surface area contributed by atoms with E-state index in [0.717, 1.165) is 39.1 Å². The van der Waals surface area contributed by atoms with E-state index < -0.39 is 0 Å². The van der Waals surface area contributed by atoms with E-state index in [-0.39, 0.29) is 11.7 Å². The third kappa shape index (κ3) is 5.52. The number of aromatic nitrogens is 3. The number of hydrazone groups is 1. The number of fused-ring (bicyclic) bond motifs is 1. The van der Waals surface area contributed by atoms with Gasteiger partial charge >= 0.3 is 0 Å². The van der Waals surface area contributed by atoms with Crippen molar-refractivity contribution in [3.05, 3.63) is 96.6 Å². The highest BCUT2D eigenvalue weighted by Crippen LogP contribution is 2.29. The number of amides is 1. The second-order valence-corrected chi connectivity index (χ2v) is 9.16. The number of carbonyl (C=O) groups is 1. The Balaban J connectivity index is 1.34. The number of hydrogen-bond acceptors (Lipinski definition) is 7. The summed E-state index contributed by atoms with van der Waals surface area (Å²) in [5, 5.41) is 15.7. The Morgan fingerprint density at radius 1 is 0.895 bits per heavy atom. The zero-order valence-corrected chi connectivity index (χ0v) is 21.7. The van der Waals surface area contributed by atoms with Crippen LogP contribution >= 0.6 is 11.8 Å². The van der Waals surface area contributed by atoms with Gasteiger partial charge in [-0.15, -0.1) is 10.2 Å². The van der Waals surface area contributed by atoms with Crippen molar-refractivity contribution in [3.8, 4) is 28.6 Å². The molecular weight excluding hydrogens is 498 g/mol. The highest BCUT2D eigenvalue weighted by atomic mass is 32.2. The summed E-state index contributed by atoms with van der Waals surface area (Å²) in [4.78, 5) is 12.6. The number of nitrogens with zero attached hydrogens (tertiary/aromatic N) is 4. The van der Waals surface area contributed by atoms with Crippen LogP contribution in [0, 0.1) is 0 Å². The Labute approximate surface area is 224 Å². The predicted octanol–water partition coefficient (Wildman–Crippen LogP) is 5.35. The quantitative estimate of drug-likeness (QED) is 0.159. The van der Waals surface area contributed by atoms with Crippen LogP contribution in [0.2, 0.25) is 0 Å². The molecule has 0 atom stereocenters. The number of benzene rings is 4. The molecule has 0 aliphatic heterocycles. The van der Waals surface area contributed by atoms with Crippen LogP contribution in [0.25, 0.3) is 27.8 Å². The van der Waals surface area contributed by atoms with E-state index in [9.17, 15) is 4.79 Å². The molecule has 5 aromatic rings. The first-order valence-electron chi connectivity index (χ1n) is 11.8. The molecule has 8 nitrogen and oxygen atoms in total. The maximum Gasteiger partial charge on any atom is 0.250 e. The molecule has 1 heterocycles. The van der Waals surface area contributed by atoms with E-state index in [4.69, 9.17) is 9.47 Å². The summed E-state index contributed by atoms with van der Waals surface area (Å²) in [6.07, 6.45) is 1.66. The lowest BCUT2D eigenvalue weighted by Gasteiger charge is -2.11. The molecule has 5 rings (SSSR count). The Morgan fingerprint density at radius 3 is 2.32 bits per heavy atom. The Morgan fingerprint density at radius 2 is 1.58 bits per heavy atom. The highest BCUT2D eigenvalue weighted by molar-refractivity contribution is 7.99. The van der Waals surface area contributed by atoms with Gasteiger partial charge in [0.1, 0.15) is 11.5 Å². The van der Waals surface area contributed by atoms with Crippen LogP contribution in [0.3, 0.4) is 0 Å². The van der Waals surface area contributed by atoms with Crippen LogP contribution in [-0.2, 0) is 4.79 Å². The van der Waals surface area contributed by atoms with Gasteiger partial charge in [0.05, 0.1) is 26.2 Å². The Kier molecular flexibility index (Phi) is 7.65. The number of carbonyl (C=O) groups excluding carboxylic acids is 1. The molecule has 190 valence electrons. The first-order valence-corrected chi connectivity index (χ1v) is 12.8. The average molecular weight is 524 g/mol. The number of nitrogens with one attached hydrogen (secondary N) is 1. The van der Waals surface area contributed by atoms with E-state index in [2.05, 4.69) is 20.7 Å². The minimum absolute atomic E-state index is 0.115. The first-order chi connectivity index (χ1) is 18.7. The molecule has 0 radical (unpaired) electrons. The zero-order valence-electron chi connectivity index (χ0n) is 20.9. The fourth-order valence-electron chi connectivity index (χ4n) is 3.95. The van der Waals surface area contributed by atoms with Gasteiger partial charge < -0.3 is 9.47 Å². The molecule has 38 heavy (non-hydrogen) atoms. The summed E-state index contributed by atoms with van der Waals surface area (Å²) in [5.41, 5.74) is 5.26. The number of hydrogen-bond donors (Lipinski definition) is 1. The lowest BCUT2D eigenvalue weighted by atomic mass is 10.1. The molecular formula is C29H25N5O3S. The van der Waals surface area contributed by atoms with Crippen LogP contribution in [0.15, 0.2) is 101 Å². The third-order valence-corrected chi connectivity index (χ3v) is 6.79. The largest absolute Gasteiger partial charge is 0.497 e. The van der Waals surface area contributed by atoms with Crippen molar-refractivity contribution in [2.45, 2.75) is 5.16 Å². The van der Waals surface area contributed by atoms with Crippen molar-refractivity contribution in [2.24, 2.45) is 5.10 Å². The summed E-state index contributed by atoms with van der Waals surface area (Å²) in [5.74, 6) is 2.01. The second kappa shape index (κ2) is 11.6. The van der Waals surface area contributed by atoms with Crippen LogP contribution in [0.4, 0.5) is 0 Å². The predicted molar refractivity (Wildman–Crippen MR) is 150 cm³/mol. The number of methoxy groups -OCH3 is 2. The van der Waals surface area contributed by atoms with Crippen molar-refractivity contribution in [2.75, 3.05) is 20.0 Å². The maximum absolute atomic E-state index is 12.6. The van der Waals surface area contributed by atoms with Crippen LogP contribution in [0.5, 0.6) is 11.5 Å². The van der Waals surface area contributed by atoms with Gasteiger partial charge in [0.15, 0.2) is 11.0 Å². The summed E-state index contributed by atoms with van der Waals surface area (Å²) in [7, 11) is 3.25. The fourth-order valence-corrected chi connectivity index (χ4v) is 4.70. The standard InChI is InChI=1S/C29H25N5O3S/c1-36-24-14-10-21(11-15-24)28-32-33-29(34(28)23-12-16-25(37-2)17-13-23)38-19-27(35)31-30-18-22-8-5-7-20-6-3-4-9-26(20)22/h3-18H,19H2,1-2H3,(H,31,35)/b30-18+. The van der Waals surface area contributed by atoms with Gasteiger partial charge in [-0.05, 0) is 59.3 Å². The molecule has 0 saturated heterocycles. The lowest BCUT2D eigenvalue weighted by molar-refractivity contribution is -0.118. The van der Waals surface area contributed by atoms with Crippen LogP contribution < -0.4 is 14.9 Å². The van der Waals surface area contributed by atoms with Gasteiger partial charge in [0.2, 0.25) is 0 Å². The van der Waals surface area contributed by atoms with Crippen molar-refractivity contribution in [3.63, 3.8) is 0 Å². The van der Waals surface area contributed by atoms with Gasteiger partial charge in [-0.3, -0.25) is 9.36 Å². The van der Waals surface area contributed by atoms with Crippen molar-refractivity contribution in [1.29, 1.82) is 0 Å². The SMILES string of the molecule is COc1ccc(-c2nnc(SCC(=O)N/N=C/c3cccc4ccccc34)n2-c2ccc(OC)cc2)cc1. The van der Waals surface area contributed by atoms with E-state index in [0.29, 0.717) is 11.0 Å². The summed E-state index contributed by atoms with van der Waals surface area (Å²) >= 11 is 1.28. The van der Waals surface area contributed by atoms with Gasteiger partial charge in [-0.25, -0.2) is 5.43 Å². The molecule has 0 aliphatic carbocycles. The summed E-state index contributed by atoms with van der Waals surface area (Å²) in [6.45, 7) is 0. The van der Waals surface area contributed by atoms with Crippen molar-refractivity contribution >= 4 is 34.7 Å². The first kappa shape index (κ1) is 25.0. The molecule has 1 amide bonds. The van der Waals surface area contributed by atoms with Crippen LogP contribution in [-0.4, -0.2) is 46.9 Å². The molecule has 0 aliphatic rings. The summed E-state index contributed by atoms with van der Waals surface area (Å²) in [6, 6.07) is 29.2. The van der Waals surface area contributed by atoms with Gasteiger partial charge in [0, 0.05) is 16.8 Å². The molecule has 0 bridgehead atoms. The van der Waals surface area contributed by atoms with Gasteiger partial charge in [-0.2, -0.15) is 5.10 Å². The number of ether oxygens (including phenoxy) is 2.